The van der Waals surface area contributed by atoms with Crippen molar-refractivity contribution in [1.82, 2.24) is 39.9 Å². The zero-order valence-electron chi connectivity index (χ0n) is 22.5. The molecular weight excluding hydrogens is 560 g/mol. The van der Waals surface area contributed by atoms with Crippen LogP contribution in [0, 0.1) is 0 Å². The molecule has 1 radical (unpaired) electrons. The molecule has 2 saturated carbocycles. The second kappa shape index (κ2) is 9.71. The van der Waals surface area contributed by atoms with E-state index in [1.807, 2.05) is 24.3 Å². The summed E-state index contributed by atoms with van der Waals surface area (Å²) in [5, 5.41) is 4.02. The number of hydrogen-bond acceptors (Lipinski definition) is 6. The number of benzene rings is 2. The van der Waals surface area contributed by atoms with Crippen LogP contribution in [0.4, 0.5) is 0 Å². The van der Waals surface area contributed by atoms with Gasteiger partial charge in [0.25, 0.3) is 0 Å². The van der Waals surface area contributed by atoms with Gasteiger partial charge < -0.3 is 29.9 Å². The molecule has 2 fully saturated rings. The molecule has 207 valence electrons. The SMILES string of the molecule is [Cu+2].c1ccc2c3nc4nc(nc5[n-]c(nc6nc(nc([n-]3)c2c1)C1CCCCC61)c1ccccc51)C1CCCCC41. The summed E-state index contributed by atoms with van der Waals surface area (Å²) in [6, 6.07) is 16.5. The van der Waals surface area contributed by atoms with Gasteiger partial charge in [0.2, 0.25) is 0 Å². The summed E-state index contributed by atoms with van der Waals surface area (Å²) in [7, 11) is 0. The molecule has 0 N–H and O–H groups in total. The van der Waals surface area contributed by atoms with Crippen LogP contribution in [-0.4, -0.2) is 29.9 Å². The van der Waals surface area contributed by atoms with Gasteiger partial charge in [0.15, 0.2) is 0 Å². The molecule has 0 spiro atoms. The molecule has 5 heterocycles. The number of nitrogens with zero attached hydrogens (tertiary/aromatic N) is 8. The Morgan fingerprint density at radius 1 is 0.415 bits per heavy atom. The Hall–Kier alpha value is -3.68. The van der Waals surface area contributed by atoms with Crippen LogP contribution in [0.5, 0.6) is 0 Å². The quantitative estimate of drug-likeness (QED) is 0.193. The van der Waals surface area contributed by atoms with Crippen molar-refractivity contribution in [3.63, 3.8) is 0 Å². The third-order valence-electron chi connectivity index (χ3n) is 9.44. The average Bonchev–Trinajstić information content (AvgIpc) is 3.73. The minimum absolute atomic E-state index is 0. The molecular formula is C32H28CuN8. The fourth-order valence-electron chi connectivity index (χ4n) is 7.46. The summed E-state index contributed by atoms with van der Waals surface area (Å²) < 4.78 is 0. The summed E-state index contributed by atoms with van der Waals surface area (Å²) in [6.45, 7) is 0. The Balaban J connectivity index is 0.00000256. The van der Waals surface area contributed by atoms with E-state index in [0.29, 0.717) is 22.6 Å². The van der Waals surface area contributed by atoms with E-state index in [9.17, 15) is 0 Å². The van der Waals surface area contributed by atoms with Crippen molar-refractivity contribution in [2.24, 2.45) is 0 Å². The fraction of sp³-hybridized carbons (Fsp3) is 0.375. The van der Waals surface area contributed by atoms with Crippen molar-refractivity contribution in [2.75, 3.05) is 0 Å². The molecule has 3 aromatic heterocycles. The Bertz CT molecular complexity index is 1700. The van der Waals surface area contributed by atoms with Crippen LogP contribution in [0.1, 0.15) is 98.3 Å². The zero-order valence-corrected chi connectivity index (χ0v) is 23.4. The predicted octanol–water partition coefficient (Wildman–Crippen LogP) is 6.34. The standard InChI is InChI=1S/C32H28N8.Cu/c1-2-10-18-17(9-1)25-33-26(18)38-28-21-13-5-6-14-22(21)30(35-28)40-32-24-16-8-7-15-23(24)31(36-32)39-29-20-12-4-3-11-19(20)27(34-29)37-25;/h1-2,7-10,15-16,19-22H,3-6,11-14H2;/q-2;+2. The molecule has 0 saturated heterocycles. The maximum Gasteiger partial charge on any atom is 2.00 e. The first-order chi connectivity index (χ1) is 19.8. The van der Waals surface area contributed by atoms with Gasteiger partial charge in [-0.1, -0.05) is 74.2 Å². The molecule has 4 unspecified atom stereocenters. The van der Waals surface area contributed by atoms with Gasteiger partial charge in [-0.15, -0.1) is 0 Å². The van der Waals surface area contributed by atoms with Crippen LogP contribution in [0.15, 0.2) is 48.5 Å². The van der Waals surface area contributed by atoms with Gasteiger partial charge in [-0.05, 0) is 47.2 Å². The molecule has 4 aliphatic rings. The third kappa shape index (κ3) is 3.93. The molecule has 2 aromatic carbocycles. The fourth-order valence-corrected chi connectivity index (χ4v) is 7.46. The Morgan fingerprint density at radius 2 is 0.683 bits per heavy atom. The molecule has 2 aliphatic carbocycles. The summed E-state index contributed by atoms with van der Waals surface area (Å²) >= 11 is 0. The van der Waals surface area contributed by atoms with Crippen molar-refractivity contribution in [1.29, 1.82) is 0 Å². The van der Waals surface area contributed by atoms with Crippen molar-refractivity contribution >= 4 is 44.1 Å². The molecule has 5 aromatic rings. The van der Waals surface area contributed by atoms with E-state index in [4.69, 9.17) is 39.9 Å². The first-order valence-electron chi connectivity index (χ1n) is 14.7. The van der Waals surface area contributed by atoms with E-state index in [2.05, 4.69) is 24.3 Å². The van der Waals surface area contributed by atoms with Gasteiger partial charge in [-0.25, -0.2) is 0 Å². The van der Waals surface area contributed by atoms with E-state index >= 15 is 0 Å². The monoisotopic (exact) mass is 587 g/mol. The summed E-state index contributed by atoms with van der Waals surface area (Å²) in [6.07, 6.45) is 8.98. The van der Waals surface area contributed by atoms with E-state index < -0.39 is 0 Å². The van der Waals surface area contributed by atoms with E-state index in [1.54, 1.807) is 0 Å². The zero-order chi connectivity index (χ0) is 26.2. The average molecular weight is 588 g/mol. The first kappa shape index (κ1) is 25.1. The summed E-state index contributed by atoms with van der Waals surface area (Å²) in [5.74, 6) is 4.37. The maximum absolute atomic E-state index is 5.13. The Morgan fingerprint density at radius 3 is 0.951 bits per heavy atom. The molecule has 9 heteroatoms. The van der Waals surface area contributed by atoms with E-state index in [0.717, 1.165) is 70.5 Å². The molecule has 8 bridgehead atoms. The summed E-state index contributed by atoms with van der Waals surface area (Å²) in [5.41, 5.74) is 2.77. The first-order valence-corrected chi connectivity index (χ1v) is 14.7. The minimum Gasteiger partial charge on any atom is -0.357 e. The minimum atomic E-state index is 0. The van der Waals surface area contributed by atoms with Crippen molar-refractivity contribution in [3.8, 4) is 0 Å². The molecule has 8 nitrogen and oxygen atoms in total. The Kier molecular flexibility index (Phi) is 5.93. The van der Waals surface area contributed by atoms with Crippen LogP contribution >= 0.6 is 0 Å². The van der Waals surface area contributed by atoms with Crippen molar-refractivity contribution in [3.05, 3.63) is 71.8 Å². The van der Waals surface area contributed by atoms with Gasteiger partial charge >= 0.3 is 17.1 Å². The number of aromatic nitrogens is 8. The largest absolute Gasteiger partial charge is 2.00 e. The second-order valence-electron chi connectivity index (χ2n) is 11.7. The summed E-state index contributed by atoms with van der Waals surface area (Å²) in [4.78, 5) is 40.7. The third-order valence-corrected chi connectivity index (χ3v) is 9.44. The van der Waals surface area contributed by atoms with Gasteiger partial charge in [0.1, 0.15) is 0 Å². The van der Waals surface area contributed by atoms with Crippen LogP contribution in [-0.2, 0) is 17.1 Å². The Labute approximate surface area is 247 Å². The van der Waals surface area contributed by atoms with Crippen molar-refractivity contribution in [2.45, 2.75) is 75.0 Å². The normalized spacial score (nSPS) is 23.6. The number of fused-ring (bicyclic) bond motifs is 20. The maximum atomic E-state index is 5.13. The topological polar surface area (TPSA) is 106 Å². The van der Waals surface area contributed by atoms with Crippen LogP contribution in [0.3, 0.4) is 0 Å². The van der Waals surface area contributed by atoms with Gasteiger partial charge in [0.05, 0.1) is 23.3 Å². The predicted molar refractivity (Wildman–Crippen MR) is 153 cm³/mol. The molecule has 0 amide bonds. The van der Waals surface area contributed by atoms with E-state index in [-0.39, 0.29) is 40.7 Å². The molecule has 9 rings (SSSR count). The number of rotatable bonds is 0. The molecule has 41 heavy (non-hydrogen) atoms. The van der Waals surface area contributed by atoms with Crippen LogP contribution in [0.25, 0.3) is 44.1 Å². The van der Waals surface area contributed by atoms with Gasteiger partial charge in [-0.3, -0.25) is 9.97 Å². The molecule has 4 atom stereocenters. The smallest absolute Gasteiger partial charge is 0.357 e. The van der Waals surface area contributed by atoms with Crippen molar-refractivity contribution < 1.29 is 17.1 Å². The molecule has 2 aliphatic heterocycles. The van der Waals surface area contributed by atoms with Crippen LogP contribution < -0.4 is 9.97 Å². The second-order valence-corrected chi connectivity index (χ2v) is 11.7. The van der Waals surface area contributed by atoms with Gasteiger partial charge in [0, 0.05) is 46.3 Å². The van der Waals surface area contributed by atoms with E-state index in [1.165, 1.54) is 25.7 Å². The van der Waals surface area contributed by atoms with Crippen LogP contribution in [0.2, 0.25) is 0 Å². The van der Waals surface area contributed by atoms with Gasteiger partial charge in [-0.2, -0.15) is 0 Å². The number of hydrogen-bond donors (Lipinski definition) is 0.